The van der Waals surface area contributed by atoms with Gasteiger partial charge in [-0.05, 0) is 51.7 Å². The van der Waals surface area contributed by atoms with Crippen molar-refractivity contribution in [1.29, 1.82) is 0 Å². The minimum absolute atomic E-state index is 0.0000190. The summed E-state index contributed by atoms with van der Waals surface area (Å²) in [6.45, 7) is 18.5. The molecule has 6 heteroatoms. The first-order valence-electron chi connectivity index (χ1n) is 10.7. The SMILES string of the molecule is CC(=O)NC(C)(C)Cc1cccc(CN)c1.[C-]#[N+]c1cccc(CC(C)(C)NC(C)=O)c1. The topological polar surface area (TPSA) is 88.6 Å². The van der Waals surface area contributed by atoms with Crippen molar-refractivity contribution < 1.29 is 9.59 Å². The maximum Gasteiger partial charge on any atom is 0.217 e. The lowest BCUT2D eigenvalue weighted by molar-refractivity contribution is -0.121. The third kappa shape index (κ3) is 10.7. The number of carbonyl (C=O) groups is 2. The Hall–Kier alpha value is -3.17. The highest BCUT2D eigenvalue weighted by molar-refractivity contribution is 5.74. The summed E-state index contributed by atoms with van der Waals surface area (Å²) in [6, 6.07) is 15.6. The molecule has 0 aliphatic rings. The average molecular weight is 437 g/mol. The van der Waals surface area contributed by atoms with Crippen LogP contribution in [-0.4, -0.2) is 22.9 Å². The van der Waals surface area contributed by atoms with Gasteiger partial charge in [0, 0.05) is 31.5 Å². The predicted molar refractivity (Wildman–Crippen MR) is 130 cm³/mol. The normalized spacial score (nSPS) is 10.9. The van der Waals surface area contributed by atoms with Crippen LogP contribution in [-0.2, 0) is 29.0 Å². The van der Waals surface area contributed by atoms with Gasteiger partial charge in [-0.15, -0.1) is 0 Å². The Balaban J connectivity index is 0.000000320. The van der Waals surface area contributed by atoms with E-state index in [1.54, 1.807) is 6.07 Å². The molecular weight excluding hydrogens is 400 g/mol. The predicted octanol–water partition coefficient (Wildman–Crippen LogP) is 4.30. The molecule has 2 aromatic carbocycles. The van der Waals surface area contributed by atoms with Crippen LogP contribution in [0.15, 0.2) is 48.5 Å². The van der Waals surface area contributed by atoms with Gasteiger partial charge in [0.2, 0.25) is 11.8 Å². The molecule has 2 aromatic rings. The number of rotatable bonds is 7. The standard InChI is InChI=1S/C13H16N2O.C13H20N2O/c1-10(16)15-13(2,3)9-11-6-5-7-12(8-11)14-4;1-10(16)15-13(2,3)8-11-5-4-6-12(7-11)9-14/h5-8H,9H2,1-3H3,(H,15,16);4-7H,8-9,14H2,1-3H3,(H,15,16). The summed E-state index contributed by atoms with van der Waals surface area (Å²) in [5.41, 5.74) is 9.10. The number of carbonyl (C=O) groups excluding carboxylic acids is 2. The second kappa shape index (κ2) is 12.0. The van der Waals surface area contributed by atoms with Gasteiger partial charge in [0.1, 0.15) is 0 Å². The van der Waals surface area contributed by atoms with Crippen molar-refractivity contribution in [3.05, 3.63) is 76.6 Å². The van der Waals surface area contributed by atoms with Crippen molar-refractivity contribution in [3.63, 3.8) is 0 Å². The molecule has 0 aliphatic heterocycles. The van der Waals surface area contributed by atoms with E-state index in [2.05, 4.69) is 27.6 Å². The number of hydrogen-bond acceptors (Lipinski definition) is 3. The van der Waals surface area contributed by atoms with E-state index in [0.717, 1.165) is 24.0 Å². The quantitative estimate of drug-likeness (QED) is 0.566. The summed E-state index contributed by atoms with van der Waals surface area (Å²) < 4.78 is 0. The first-order chi connectivity index (χ1) is 14.9. The van der Waals surface area contributed by atoms with Gasteiger partial charge in [-0.25, -0.2) is 4.85 Å². The van der Waals surface area contributed by atoms with Gasteiger partial charge in [0.15, 0.2) is 5.69 Å². The van der Waals surface area contributed by atoms with E-state index in [4.69, 9.17) is 12.3 Å². The van der Waals surface area contributed by atoms with Crippen LogP contribution in [0.25, 0.3) is 4.85 Å². The largest absolute Gasteiger partial charge is 0.351 e. The second-order valence-electron chi connectivity index (χ2n) is 9.29. The van der Waals surface area contributed by atoms with Crippen LogP contribution in [0.4, 0.5) is 5.69 Å². The fourth-order valence-corrected chi connectivity index (χ4v) is 3.66. The molecule has 4 N–H and O–H groups in total. The summed E-state index contributed by atoms with van der Waals surface area (Å²) in [5.74, 6) is -0.0358. The van der Waals surface area contributed by atoms with Crippen LogP contribution in [0.1, 0.15) is 58.2 Å². The molecule has 0 aliphatic carbocycles. The molecule has 0 atom stereocenters. The summed E-state index contributed by atoms with van der Waals surface area (Å²) in [6.07, 6.45) is 1.52. The fraction of sp³-hybridized carbons (Fsp3) is 0.423. The van der Waals surface area contributed by atoms with Gasteiger partial charge in [-0.3, -0.25) is 9.59 Å². The van der Waals surface area contributed by atoms with Gasteiger partial charge in [-0.1, -0.05) is 54.1 Å². The Labute approximate surface area is 192 Å². The average Bonchev–Trinajstić information content (AvgIpc) is 2.65. The van der Waals surface area contributed by atoms with Crippen molar-refractivity contribution in [2.75, 3.05) is 0 Å². The van der Waals surface area contributed by atoms with Crippen molar-refractivity contribution >= 4 is 17.5 Å². The number of hydrogen-bond donors (Lipinski definition) is 3. The first kappa shape index (κ1) is 26.9. The third-order valence-corrected chi connectivity index (χ3v) is 4.59. The van der Waals surface area contributed by atoms with Crippen molar-refractivity contribution in [3.8, 4) is 0 Å². The molecule has 2 rings (SSSR count). The van der Waals surface area contributed by atoms with E-state index in [9.17, 15) is 9.59 Å². The van der Waals surface area contributed by atoms with E-state index in [1.807, 2.05) is 58.0 Å². The highest BCUT2D eigenvalue weighted by Gasteiger charge is 2.20. The van der Waals surface area contributed by atoms with Gasteiger partial charge < -0.3 is 16.4 Å². The van der Waals surface area contributed by atoms with E-state index in [1.165, 1.54) is 19.4 Å². The van der Waals surface area contributed by atoms with Crippen LogP contribution < -0.4 is 16.4 Å². The van der Waals surface area contributed by atoms with E-state index in [-0.39, 0.29) is 22.9 Å². The summed E-state index contributed by atoms with van der Waals surface area (Å²) >= 11 is 0. The molecule has 2 amide bonds. The van der Waals surface area contributed by atoms with Crippen LogP contribution in [0.2, 0.25) is 0 Å². The summed E-state index contributed by atoms with van der Waals surface area (Å²) in [4.78, 5) is 25.4. The lowest BCUT2D eigenvalue weighted by Crippen LogP contribution is -2.44. The number of benzene rings is 2. The molecule has 0 heterocycles. The molecule has 0 saturated heterocycles. The van der Waals surface area contributed by atoms with Gasteiger partial charge in [0.05, 0.1) is 6.57 Å². The van der Waals surface area contributed by atoms with Crippen molar-refractivity contribution in [1.82, 2.24) is 10.6 Å². The van der Waals surface area contributed by atoms with Crippen LogP contribution >= 0.6 is 0 Å². The number of nitrogens with one attached hydrogen (secondary N) is 2. The Morgan fingerprint density at radius 3 is 1.72 bits per heavy atom. The van der Waals surface area contributed by atoms with Gasteiger partial charge in [-0.2, -0.15) is 0 Å². The molecule has 0 spiro atoms. The maximum atomic E-state index is 11.0. The Morgan fingerprint density at radius 1 is 0.844 bits per heavy atom. The van der Waals surface area contributed by atoms with E-state index in [0.29, 0.717) is 12.2 Å². The first-order valence-corrected chi connectivity index (χ1v) is 10.7. The van der Waals surface area contributed by atoms with E-state index >= 15 is 0 Å². The maximum absolute atomic E-state index is 11.0. The molecule has 0 radical (unpaired) electrons. The van der Waals surface area contributed by atoms with Crippen LogP contribution in [0, 0.1) is 6.57 Å². The third-order valence-electron chi connectivity index (χ3n) is 4.59. The number of amides is 2. The highest BCUT2D eigenvalue weighted by Crippen LogP contribution is 2.18. The zero-order valence-electron chi connectivity index (χ0n) is 20.1. The van der Waals surface area contributed by atoms with E-state index < -0.39 is 0 Å². The minimum Gasteiger partial charge on any atom is -0.351 e. The molecule has 0 unspecified atom stereocenters. The second-order valence-corrected chi connectivity index (χ2v) is 9.29. The molecule has 0 aromatic heterocycles. The summed E-state index contributed by atoms with van der Waals surface area (Å²) in [7, 11) is 0. The zero-order chi connectivity index (χ0) is 24.4. The molecule has 172 valence electrons. The smallest absolute Gasteiger partial charge is 0.217 e. The molecular formula is C26H36N4O2. The molecule has 0 bridgehead atoms. The Morgan fingerprint density at radius 2 is 1.28 bits per heavy atom. The fourth-order valence-electron chi connectivity index (χ4n) is 3.66. The number of nitrogens with two attached hydrogens (primary N) is 1. The lowest BCUT2D eigenvalue weighted by atomic mass is 9.94. The number of nitrogens with zero attached hydrogens (tertiary/aromatic N) is 1. The summed E-state index contributed by atoms with van der Waals surface area (Å²) in [5, 5.41) is 5.82. The minimum atomic E-state index is -0.285. The zero-order valence-corrected chi connectivity index (χ0v) is 20.1. The molecule has 0 fully saturated rings. The lowest BCUT2D eigenvalue weighted by Gasteiger charge is -2.25. The Bertz CT molecular complexity index is 958. The Kier molecular flexibility index (Phi) is 10.1. The van der Waals surface area contributed by atoms with Crippen LogP contribution in [0.3, 0.4) is 0 Å². The molecule has 6 nitrogen and oxygen atoms in total. The van der Waals surface area contributed by atoms with Crippen LogP contribution in [0.5, 0.6) is 0 Å². The van der Waals surface area contributed by atoms with Gasteiger partial charge >= 0.3 is 0 Å². The monoisotopic (exact) mass is 436 g/mol. The molecule has 32 heavy (non-hydrogen) atoms. The highest BCUT2D eigenvalue weighted by atomic mass is 16.2. The van der Waals surface area contributed by atoms with Gasteiger partial charge in [0.25, 0.3) is 0 Å². The van der Waals surface area contributed by atoms with Crippen molar-refractivity contribution in [2.24, 2.45) is 5.73 Å². The molecule has 0 saturated carbocycles. The van der Waals surface area contributed by atoms with Crippen molar-refractivity contribution in [2.45, 2.75) is 72.0 Å².